The minimum Gasteiger partial charge on any atom is -0.506 e. The summed E-state index contributed by atoms with van der Waals surface area (Å²) in [6.45, 7) is 2.09. The molecule has 1 saturated heterocycles. The fourth-order valence-electron chi connectivity index (χ4n) is 4.16. The van der Waals surface area contributed by atoms with Crippen LogP contribution >= 0.6 is 0 Å². The Morgan fingerprint density at radius 3 is 2.21 bits per heavy atom. The van der Waals surface area contributed by atoms with Crippen LogP contribution in [0.25, 0.3) is 5.76 Å². The highest BCUT2D eigenvalue weighted by Crippen LogP contribution is 2.44. The van der Waals surface area contributed by atoms with Crippen molar-refractivity contribution < 1.29 is 24.2 Å². The second-order valence-electron chi connectivity index (χ2n) is 7.68. The Labute approximate surface area is 191 Å². The first-order valence-electron chi connectivity index (χ1n) is 10.4. The third kappa shape index (κ3) is 3.93. The predicted octanol–water partition coefficient (Wildman–Crippen LogP) is 4.03. The van der Waals surface area contributed by atoms with Crippen LogP contribution in [-0.2, 0) is 16.1 Å². The first-order valence-corrected chi connectivity index (χ1v) is 10.4. The zero-order chi connectivity index (χ0) is 23.5. The van der Waals surface area contributed by atoms with Crippen molar-refractivity contribution in [3.8, 4) is 11.5 Å². The molecule has 168 valence electrons. The van der Waals surface area contributed by atoms with Crippen LogP contribution in [0.2, 0.25) is 0 Å². The van der Waals surface area contributed by atoms with Gasteiger partial charge in [-0.25, -0.2) is 0 Å². The number of rotatable bonds is 6. The summed E-state index contributed by atoms with van der Waals surface area (Å²) in [6, 6.07) is 15.3. The van der Waals surface area contributed by atoms with E-state index in [1.165, 1.54) is 19.1 Å². The van der Waals surface area contributed by atoms with Gasteiger partial charge in [0, 0.05) is 18.9 Å². The lowest BCUT2D eigenvalue weighted by molar-refractivity contribution is -0.140. The number of benzene rings is 2. The number of carbonyl (C=O) groups is 2. The molecule has 0 saturated carbocycles. The molecule has 1 aliphatic heterocycles. The van der Waals surface area contributed by atoms with Gasteiger partial charge in [-0.3, -0.25) is 14.6 Å². The zero-order valence-corrected chi connectivity index (χ0v) is 18.6. The summed E-state index contributed by atoms with van der Waals surface area (Å²) < 4.78 is 10.9. The number of aliphatic hydroxyl groups is 1. The van der Waals surface area contributed by atoms with Crippen LogP contribution in [-0.4, -0.2) is 40.9 Å². The molecule has 1 atom stereocenters. The van der Waals surface area contributed by atoms with Crippen LogP contribution in [0.5, 0.6) is 11.5 Å². The molecule has 0 bridgehead atoms. The summed E-state index contributed by atoms with van der Waals surface area (Å²) in [6.07, 6.45) is 3.27. The number of amides is 1. The molecule has 1 amide bonds. The molecule has 1 unspecified atom stereocenters. The second kappa shape index (κ2) is 9.16. The van der Waals surface area contributed by atoms with Gasteiger partial charge in [-0.2, -0.15) is 0 Å². The summed E-state index contributed by atoms with van der Waals surface area (Å²) >= 11 is 0. The van der Waals surface area contributed by atoms with Gasteiger partial charge in [-0.15, -0.1) is 0 Å². The number of likely N-dealkylation sites (tertiary alicyclic amines) is 1. The van der Waals surface area contributed by atoms with E-state index in [1.54, 1.807) is 42.7 Å². The normalized spacial score (nSPS) is 17.3. The quantitative estimate of drug-likeness (QED) is 0.351. The minimum absolute atomic E-state index is 0.00819. The summed E-state index contributed by atoms with van der Waals surface area (Å²) in [4.78, 5) is 32.0. The van der Waals surface area contributed by atoms with E-state index in [4.69, 9.17) is 9.47 Å². The molecular formula is C26H24N2O5. The van der Waals surface area contributed by atoms with E-state index in [1.807, 2.05) is 31.2 Å². The smallest absolute Gasteiger partial charge is 0.295 e. The van der Waals surface area contributed by atoms with Gasteiger partial charge in [-0.05, 0) is 47.9 Å². The fraction of sp³-hybridized carbons (Fsp3) is 0.192. The van der Waals surface area contributed by atoms with E-state index in [0.717, 1.165) is 16.7 Å². The third-order valence-corrected chi connectivity index (χ3v) is 5.79. The van der Waals surface area contributed by atoms with Gasteiger partial charge in [0.05, 0.1) is 25.8 Å². The van der Waals surface area contributed by atoms with E-state index >= 15 is 0 Å². The summed E-state index contributed by atoms with van der Waals surface area (Å²) in [5.41, 5.74) is 2.68. The number of ketones is 1. The van der Waals surface area contributed by atoms with Crippen LogP contribution in [0, 0.1) is 6.92 Å². The highest BCUT2D eigenvalue weighted by Gasteiger charge is 2.47. The highest BCUT2D eigenvalue weighted by molar-refractivity contribution is 6.46. The Hall–Kier alpha value is -4.13. The van der Waals surface area contributed by atoms with Gasteiger partial charge in [0.2, 0.25) is 0 Å². The average molecular weight is 444 g/mol. The number of Topliss-reactive ketones (excluding diaryl/α,β-unsaturated/α-hetero) is 1. The maximum absolute atomic E-state index is 13.3. The fourth-order valence-corrected chi connectivity index (χ4v) is 4.16. The molecular weight excluding hydrogens is 420 g/mol. The highest BCUT2D eigenvalue weighted by atomic mass is 16.5. The molecule has 1 fully saturated rings. The van der Waals surface area contributed by atoms with E-state index in [-0.39, 0.29) is 23.4 Å². The number of pyridine rings is 1. The molecule has 4 rings (SSSR count). The molecule has 7 nitrogen and oxygen atoms in total. The zero-order valence-electron chi connectivity index (χ0n) is 18.6. The van der Waals surface area contributed by atoms with Crippen molar-refractivity contribution in [2.75, 3.05) is 14.2 Å². The lowest BCUT2D eigenvalue weighted by atomic mass is 9.92. The van der Waals surface area contributed by atoms with Gasteiger partial charge in [0.1, 0.15) is 22.8 Å². The molecule has 33 heavy (non-hydrogen) atoms. The molecule has 2 heterocycles. The lowest BCUT2D eigenvalue weighted by Crippen LogP contribution is -2.29. The Morgan fingerprint density at radius 1 is 0.970 bits per heavy atom. The molecule has 0 radical (unpaired) electrons. The Balaban J connectivity index is 1.96. The average Bonchev–Trinajstić information content (AvgIpc) is 3.08. The Kier molecular flexibility index (Phi) is 6.13. The predicted molar refractivity (Wildman–Crippen MR) is 123 cm³/mol. The number of carbonyl (C=O) groups excluding carboxylic acids is 2. The minimum atomic E-state index is -0.783. The molecule has 1 aromatic heterocycles. The maximum atomic E-state index is 13.3. The van der Waals surface area contributed by atoms with E-state index < -0.39 is 17.7 Å². The van der Waals surface area contributed by atoms with E-state index in [9.17, 15) is 14.7 Å². The molecule has 1 aliphatic rings. The topological polar surface area (TPSA) is 89.0 Å². The van der Waals surface area contributed by atoms with E-state index in [0.29, 0.717) is 11.5 Å². The van der Waals surface area contributed by atoms with Gasteiger partial charge in [0.15, 0.2) is 0 Å². The number of ether oxygens (including phenoxy) is 2. The number of aryl methyl sites for hydroxylation is 1. The van der Waals surface area contributed by atoms with Crippen molar-refractivity contribution >= 4 is 17.4 Å². The number of aromatic nitrogens is 1. The number of hydrogen-bond donors (Lipinski definition) is 1. The summed E-state index contributed by atoms with van der Waals surface area (Å²) in [5, 5.41) is 11.4. The number of nitrogens with zero attached hydrogens (tertiary/aromatic N) is 2. The number of hydrogen-bond acceptors (Lipinski definition) is 6. The van der Waals surface area contributed by atoms with Gasteiger partial charge in [-0.1, -0.05) is 30.3 Å². The molecule has 2 aromatic carbocycles. The monoisotopic (exact) mass is 444 g/mol. The van der Waals surface area contributed by atoms with Crippen LogP contribution in [0.1, 0.15) is 28.3 Å². The van der Waals surface area contributed by atoms with Crippen LogP contribution in [0.4, 0.5) is 0 Å². The summed E-state index contributed by atoms with van der Waals surface area (Å²) in [7, 11) is 2.93. The lowest BCUT2D eigenvalue weighted by Gasteiger charge is -2.27. The Bertz CT molecular complexity index is 1210. The largest absolute Gasteiger partial charge is 0.506 e. The second-order valence-corrected chi connectivity index (χ2v) is 7.68. The van der Waals surface area contributed by atoms with Crippen molar-refractivity contribution in [3.63, 3.8) is 0 Å². The van der Waals surface area contributed by atoms with Gasteiger partial charge >= 0.3 is 0 Å². The van der Waals surface area contributed by atoms with Crippen LogP contribution < -0.4 is 9.47 Å². The van der Waals surface area contributed by atoms with Crippen LogP contribution in [0.15, 0.2) is 72.6 Å². The SMILES string of the molecule is COc1cccc(OC)c1/C(O)=C1\C(=O)C(=O)N(Cc2ccncc2)C1c1ccccc1C. The number of methoxy groups -OCH3 is 2. The number of aliphatic hydroxyl groups excluding tert-OH is 1. The summed E-state index contributed by atoms with van der Waals surface area (Å²) in [5.74, 6) is -1.13. The van der Waals surface area contributed by atoms with Crippen molar-refractivity contribution in [2.45, 2.75) is 19.5 Å². The van der Waals surface area contributed by atoms with Gasteiger partial charge < -0.3 is 19.5 Å². The Morgan fingerprint density at radius 2 is 1.61 bits per heavy atom. The van der Waals surface area contributed by atoms with Crippen molar-refractivity contribution in [1.29, 1.82) is 0 Å². The first kappa shape index (κ1) is 22.1. The molecule has 1 N–H and O–H groups in total. The third-order valence-electron chi connectivity index (χ3n) is 5.79. The molecule has 0 aliphatic carbocycles. The maximum Gasteiger partial charge on any atom is 0.295 e. The van der Waals surface area contributed by atoms with Gasteiger partial charge in [0.25, 0.3) is 11.7 Å². The van der Waals surface area contributed by atoms with Crippen molar-refractivity contribution in [2.24, 2.45) is 0 Å². The molecule has 3 aromatic rings. The first-order chi connectivity index (χ1) is 16.0. The van der Waals surface area contributed by atoms with Crippen molar-refractivity contribution in [1.82, 2.24) is 9.88 Å². The molecule has 7 heteroatoms. The van der Waals surface area contributed by atoms with Crippen LogP contribution in [0.3, 0.4) is 0 Å². The van der Waals surface area contributed by atoms with E-state index in [2.05, 4.69) is 4.98 Å². The standard InChI is InChI=1S/C26H24N2O5/c1-16-7-4-5-8-18(16)23-22(24(29)21-19(32-2)9-6-10-20(21)33-3)25(30)26(31)28(23)15-17-11-13-27-14-12-17/h4-14,23,29H,15H2,1-3H3/b24-22+. The van der Waals surface area contributed by atoms with Crippen molar-refractivity contribution in [3.05, 3.63) is 94.8 Å². The molecule has 0 spiro atoms.